The highest BCUT2D eigenvalue weighted by Gasteiger charge is 2.09. The van der Waals surface area contributed by atoms with Gasteiger partial charge in [0.25, 0.3) is 0 Å². The number of benzene rings is 2. The van der Waals surface area contributed by atoms with Gasteiger partial charge in [-0.1, -0.05) is 36.8 Å². The summed E-state index contributed by atoms with van der Waals surface area (Å²) in [5, 5.41) is 3.41. The van der Waals surface area contributed by atoms with E-state index in [1.54, 1.807) is 7.11 Å². The summed E-state index contributed by atoms with van der Waals surface area (Å²) in [6, 6.07) is 12.9. The summed E-state index contributed by atoms with van der Waals surface area (Å²) in [5.41, 5.74) is 6.46. The summed E-state index contributed by atoms with van der Waals surface area (Å²) in [6.45, 7) is 8.29. The molecule has 0 bridgehead atoms. The summed E-state index contributed by atoms with van der Waals surface area (Å²) in [4.78, 5) is 0. The molecule has 0 radical (unpaired) electrons. The van der Waals surface area contributed by atoms with Gasteiger partial charge in [-0.15, -0.1) is 0 Å². The van der Waals surface area contributed by atoms with Crippen LogP contribution < -0.4 is 10.1 Å². The van der Waals surface area contributed by atoms with Crippen molar-refractivity contribution in [2.45, 2.75) is 27.3 Å². The minimum atomic E-state index is 0.900. The largest absolute Gasteiger partial charge is 0.497 e. The van der Waals surface area contributed by atoms with Crippen molar-refractivity contribution in [2.24, 2.45) is 0 Å². The highest BCUT2D eigenvalue weighted by atomic mass is 16.5. The molecule has 20 heavy (non-hydrogen) atoms. The zero-order chi connectivity index (χ0) is 14.5. The van der Waals surface area contributed by atoms with Crippen LogP contribution in [0.25, 0.3) is 11.1 Å². The summed E-state index contributed by atoms with van der Waals surface area (Å²) in [5.74, 6) is 0.909. The molecule has 0 amide bonds. The number of hydrogen-bond donors (Lipinski definition) is 1. The second kappa shape index (κ2) is 6.58. The molecule has 2 rings (SSSR count). The molecule has 0 aliphatic rings. The van der Waals surface area contributed by atoms with Crippen LogP contribution in [0.15, 0.2) is 36.4 Å². The van der Waals surface area contributed by atoms with Crippen LogP contribution in [0.3, 0.4) is 0 Å². The third-order valence-corrected chi connectivity index (χ3v) is 3.55. The molecule has 2 nitrogen and oxygen atoms in total. The smallest absolute Gasteiger partial charge is 0.119 e. The first-order valence-electron chi connectivity index (χ1n) is 7.11. The van der Waals surface area contributed by atoms with E-state index in [1.165, 1.54) is 27.8 Å². The van der Waals surface area contributed by atoms with E-state index in [2.05, 4.69) is 56.4 Å². The van der Waals surface area contributed by atoms with E-state index in [9.17, 15) is 0 Å². The number of aryl methyl sites for hydroxylation is 2. The molecule has 2 aromatic carbocycles. The molecule has 2 heteroatoms. The van der Waals surface area contributed by atoms with Gasteiger partial charge >= 0.3 is 0 Å². The number of hydrogen-bond acceptors (Lipinski definition) is 2. The van der Waals surface area contributed by atoms with Gasteiger partial charge in [0.15, 0.2) is 0 Å². The van der Waals surface area contributed by atoms with E-state index < -0.39 is 0 Å². The van der Waals surface area contributed by atoms with Crippen molar-refractivity contribution in [1.82, 2.24) is 5.32 Å². The van der Waals surface area contributed by atoms with Crippen molar-refractivity contribution in [3.05, 3.63) is 53.1 Å². The average molecular weight is 269 g/mol. The molecule has 1 N–H and O–H groups in total. The van der Waals surface area contributed by atoms with Crippen molar-refractivity contribution >= 4 is 0 Å². The predicted octanol–water partition coefficient (Wildman–Crippen LogP) is 4.09. The Morgan fingerprint density at radius 2 is 1.80 bits per heavy atom. The Bertz CT molecular complexity index is 590. The van der Waals surface area contributed by atoms with Gasteiger partial charge in [-0.2, -0.15) is 0 Å². The van der Waals surface area contributed by atoms with Gasteiger partial charge in [0.1, 0.15) is 5.75 Å². The van der Waals surface area contributed by atoms with Crippen LogP contribution in [0.1, 0.15) is 23.6 Å². The summed E-state index contributed by atoms with van der Waals surface area (Å²) in [7, 11) is 1.71. The molecule has 0 spiro atoms. The highest BCUT2D eigenvalue weighted by Crippen LogP contribution is 2.30. The topological polar surface area (TPSA) is 21.3 Å². The molecule has 0 aromatic heterocycles. The maximum Gasteiger partial charge on any atom is 0.119 e. The zero-order valence-corrected chi connectivity index (χ0v) is 12.8. The van der Waals surface area contributed by atoms with Crippen molar-refractivity contribution in [2.75, 3.05) is 13.7 Å². The van der Waals surface area contributed by atoms with Gasteiger partial charge in [-0.05, 0) is 54.8 Å². The molecule has 0 aliphatic carbocycles. The van der Waals surface area contributed by atoms with E-state index in [4.69, 9.17) is 4.74 Å². The minimum Gasteiger partial charge on any atom is -0.497 e. The van der Waals surface area contributed by atoms with Gasteiger partial charge in [0.2, 0.25) is 0 Å². The average Bonchev–Trinajstić information content (AvgIpc) is 2.46. The Hall–Kier alpha value is -1.80. The maximum atomic E-state index is 5.29. The van der Waals surface area contributed by atoms with Gasteiger partial charge < -0.3 is 10.1 Å². The van der Waals surface area contributed by atoms with Gasteiger partial charge in [-0.3, -0.25) is 0 Å². The zero-order valence-electron chi connectivity index (χ0n) is 12.8. The van der Waals surface area contributed by atoms with Crippen molar-refractivity contribution < 1.29 is 4.74 Å². The third kappa shape index (κ3) is 3.20. The van der Waals surface area contributed by atoms with Crippen LogP contribution in [-0.2, 0) is 6.54 Å². The quantitative estimate of drug-likeness (QED) is 0.882. The first-order chi connectivity index (χ1) is 9.65. The van der Waals surface area contributed by atoms with E-state index in [1.807, 2.05) is 6.07 Å². The Labute approximate surface area is 121 Å². The SMILES string of the molecule is CCNCc1ccc(C)cc1-c1ccc(OC)cc1C. The Morgan fingerprint density at radius 1 is 1.00 bits per heavy atom. The van der Waals surface area contributed by atoms with Crippen molar-refractivity contribution in [1.29, 1.82) is 0 Å². The molecule has 0 saturated carbocycles. The van der Waals surface area contributed by atoms with Crippen LogP contribution in [-0.4, -0.2) is 13.7 Å². The first-order valence-corrected chi connectivity index (χ1v) is 7.11. The van der Waals surface area contributed by atoms with Gasteiger partial charge in [-0.25, -0.2) is 0 Å². The molecule has 0 unspecified atom stereocenters. The standard InChI is InChI=1S/C18H23NO/c1-5-19-12-15-7-6-13(2)10-18(15)17-9-8-16(20-4)11-14(17)3/h6-11,19H,5,12H2,1-4H3. The number of ether oxygens (including phenoxy) is 1. The van der Waals surface area contributed by atoms with Crippen LogP contribution in [0.2, 0.25) is 0 Å². The molecular formula is C18H23NO. The predicted molar refractivity (Wildman–Crippen MR) is 85.3 cm³/mol. The van der Waals surface area contributed by atoms with Gasteiger partial charge in [0, 0.05) is 6.54 Å². The number of rotatable bonds is 5. The molecule has 0 aliphatic heterocycles. The lowest BCUT2D eigenvalue weighted by molar-refractivity contribution is 0.414. The second-order valence-electron chi connectivity index (χ2n) is 5.12. The van der Waals surface area contributed by atoms with Crippen molar-refractivity contribution in [3.63, 3.8) is 0 Å². The first kappa shape index (κ1) is 14.6. The molecule has 0 atom stereocenters. The molecular weight excluding hydrogens is 246 g/mol. The van der Waals surface area contributed by atoms with Crippen LogP contribution in [0.5, 0.6) is 5.75 Å². The summed E-state index contributed by atoms with van der Waals surface area (Å²) >= 11 is 0. The highest BCUT2D eigenvalue weighted by molar-refractivity contribution is 5.72. The number of nitrogens with one attached hydrogen (secondary N) is 1. The van der Waals surface area contributed by atoms with Crippen molar-refractivity contribution in [3.8, 4) is 16.9 Å². The lowest BCUT2D eigenvalue weighted by Gasteiger charge is -2.14. The monoisotopic (exact) mass is 269 g/mol. The van der Waals surface area contributed by atoms with E-state index in [0.717, 1.165) is 18.8 Å². The fourth-order valence-electron chi connectivity index (χ4n) is 2.42. The summed E-state index contributed by atoms with van der Waals surface area (Å²) in [6.07, 6.45) is 0. The van der Waals surface area contributed by atoms with Gasteiger partial charge in [0.05, 0.1) is 7.11 Å². The summed E-state index contributed by atoms with van der Waals surface area (Å²) < 4.78 is 5.29. The van der Waals surface area contributed by atoms with Crippen LogP contribution in [0.4, 0.5) is 0 Å². The normalized spacial score (nSPS) is 10.6. The van der Waals surface area contributed by atoms with E-state index in [-0.39, 0.29) is 0 Å². The lowest BCUT2D eigenvalue weighted by atomic mass is 9.94. The lowest BCUT2D eigenvalue weighted by Crippen LogP contribution is -2.12. The molecule has 0 fully saturated rings. The Kier molecular flexibility index (Phi) is 4.80. The fourth-order valence-corrected chi connectivity index (χ4v) is 2.42. The molecule has 2 aromatic rings. The number of methoxy groups -OCH3 is 1. The maximum absolute atomic E-state index is 5.29. The Balaban J connectivity index is 2.47. The molecule has 0 saturated heterocycles. The van der Waals surface area contributed by atoms with Crippen LogP contribution >= 0.6 is 0 Å². The Morgan fingerprint density at radius 3 is 2.45 bits per heavy atom. The third-order valence-electron chi connectivity index (χ3n) is 3.55. The van der Waals surface area contributed by atoms with E-state index in [0.29, 0.717) is 0 Å². The molecule has 106 valence electrons. The van der Waals surface area contributed by atoms with Crippen LogP contribution in [0, 0.1) is 13.8 Å². The van der Waals surface area contributed by atoms with E-state index >= 15 is 0 Å². The minimum absolute atomic E-state index is 0.900. The second-order valence-corrected chi connectivity index (χ2v) is 5.12. The molecule has 0 heterocycles. The fraction of sp³-hybridized carbons (Fsp3) is 0.333.